The predicted molar refractivity (Wildman–Crippen MR) is 80.8 cm³/mol. The van der Waals surface area contributed by atoms with E-state index in [0.717, 1.165) is 11.1 Å². The molecule has 2 aromatic rings. The van der Waals surface area contributed by atoms with Gasteiger partial charge < -0.3 is 5.11 Å². The second-order valence-electron chi connectivity index (χ2n) is 4.46. The van der Waals surface area contributed by atoms with Crippen molar-refractivity contribution in [2.24, 2.45) is 0 Å². The molecule has 108 valence electrons. The first-order valence-corrected chi connectivity index (χ1v) is 7.16. The third-order valence-electron chi connectivity index (χ3n) is 3.03. The zero-order chi connectivity index (χ0) is 15.4. The third-order valence-corrected chi connectivity index (χ3v) is 4.15. The highest BCUT2D eigenvalue weighted by molar-refractivity contribution is 7.98. The highest BCUT2D eigenvalue weighted by atomic mass is 32.2. The van der Waals surface area contributed by atoms with Crippen LogP contribution in [0.3, 0.4) is 0 Å². The number of carboxylic acid groups (broad SMARTS) is 1. The smallest absolute Gasteiger partial charge is 0.335 e. The number of aryl methyl sites for hydroxylation is 1. The number of rotatable bonds is 5. The van der Waals surface area contributed by atoms with Crippen LogP contribution in [0.4, 0.5) is 5.69 Å². The molecule has 2 aromatic carbocycles. The normalized spacial score (nSPS) is 10.3. The fourth-order valence-corrected chi connectivity index (χ4v) is 2.98. The van der Waals surface area contributed by atoms with E-state index < -0.39 is 10.9 Å². The Morgan fingerprint density at radius 1 is 1.29 bits per heavy atom. The van der Waals surface area contributed by atoms with Crippen LogP contribution in [0, 0.1) is 17.0 Å². The van der Waals surface area contributed by atoms with Gasteiger partial charge in [-0.3, -0.25) is 10.1 Å². The van der Waals surface area contributed by atoms with Crippen LogP contribution in [0.15, 0.2) is 47.4 Å². The summed E-state index contributed by atoms with van der Waals surface area (Å²) >= 11 is 1.37. The van der Waals surface area contributed by atoms with Crippen LogP contribution < -0.4 is 0 Å². The number of para-hydroxylation sites is 1. The summed E-state index contributed by atoms with van der Waals surface area (Å²) in [5.74, 6) is -0.410. The monoisotopic (exact) mass is 303 g/mol. The molecule has 21 heavy (non-hydrogen) atoms. The molecule has 6 heteroatoms. The van der Waals surface area contributed by atoms with Crippen LogP contribution in [-0.2, 0) is 5.75 Å². The number of thioether (sulfide) groups is 1. The number of nitro benzene ring substituents is 1. The molecule has 0 heterocycles. The predicted octanol–water partition coefficient (Wildman–Crippen LogP) is 3.89. The standard InChI is InChI=1S/C15H13NO4S/c1-10-8-11(15(17)18)6-7-12(10)9-21-14-5-3-2-4-13(14)16(19)20/h2-8H,9H2,1H3,(H,17,18). The lowest BCUT2D eigenvalue weighted by Crippen LogP contribution is -1.98. The molecule has 0 aliphatic carbocycles. The molecule has 0 radical (unpaired) electrons. The lowest BCUT2D eigenvalue weighted by molar-refractivity contribution is -0.387. The molecule has 0 saturated carbocycles. The van der Waals surface area contributed by atoms with Crippen molar-refractivity contribution in [1.82, 2.24) is 0 Å². The van der Waals surface area contributed by atoms with Gasteiger partial charge in [-0.25, -0.2) is 4.79 Å². The lowest BCUT2D eigenvalue weighted by atomic mass is 10.1. The molecule has 0 saturated heterocycles. The number of hydrogen-bond donors (Lipinski definition) is 1. The molecule has 2 rings (SSSR count). The first-order valence-electron chi connectivity index (χ1n) is 6.18. The quantitative estimate of drug-likeness (QED) is 0.515. The summed E-state index contributed by atoms with van der Waals surface area (Å²) in [7, 11) is 0. The van der Waals surface area contributed by atoms with E-state index in [0.29, 0.717) is 10.6 Å². The van der Waals surface area contributed by atoms with Gasteiger partial charge in [0, 0.05) is 11.8 Å². The number of nitro groups is 1. The molecule has 0 aromatic heterocycles. The third kappa shape index (κ3) is 3.61. The van der Waals surface area contributed by atoms with E-state index in [1.807, 2.05) is 6.92 Å². The van der Waals surface area contributed by atoms with Crippen molar-refractivity contribution in [2.45, 2.75) is 17.6 Å². The van der Waals surface area contributed by atoms with Gasteiger partial charge in [0.1, 0.15) is 0 Å². The molecular weight excluding hydrogens is 290 g/mol. The fourth-order valence-electron chi connectivity index (χ4n) is 1.88. The molecule has 0 spiro atoms. The van der Waals surface area contributed by atoms with Crippen LogP contribution in [0.5, 0.6) is 0 Å². The number of carboxylic acids is 1. The van der Waals surface area contributed by atoms with Gasteiger partial charge in [-0.15, -0.1) is 11.8 Å². The largest absolute Gasteiger partial charge is 0.478 e. The van der Waals surface area contributed by atoms with Gasteiger partial charge in [-0.1, -0.05) is 18.2 Å². The van der Waals surface area contributed by atoms with Crippen molar-refractivity contribution in [1.29, 1.82) is 0 Å². The Kier molecular flexibility index (Phi) is 4.59. The van der Waals surface area contributed by atoms with E-state index in [-0.39, 0.29) is 11.3 Å². The molecule has 0 amide bonds. The average molecular weight is 303 g/mol. The van der Waals surface area contributed by atoms with Crippen LogP contribution in [0.1, 0.15) is 21.5 Å². The summed E-state index contributed by atoms with van der Waals surface area (Å²) in [4.78, 5) is 22.0. The molecule has 0 aliphatic heterocycles. The highest BCUT2D eigenvalue weighted by Crippen LogP contribution is 2.31. The van der Waals surface area contributed by atoms with E-state index >= 15 is 0 Å². The minimum atomic E-state index is -0.962. The zero-order valence-corrected chi connectivity index (χ0v) is 12.1. The van der Waals surface area contributed by atoms with Crippen LogP contribution in [-0.4, -0.2) is 16.0 Å². The van der Waals surface area contributed by atoms with E-state index in [4.69, 9.17) is 5.11 Å². The molecule has 5 nitrogen and oxygen atoms in total. The van der Waals surface area contributed by atoms with Gasteiger partial charge in [0.25, 0.3) is 5.69 Å². The van der Waals surface area contributed by atoms with Crippen molar-refractivity contribution >= 4 is 23.4 Å². The van der Waals surface area contributed by atoms with E-state index in [2.05, 4.69) is 0 Å². The Morgan fingerprint density at radius 3 is 2.62 bits per heavy atom. The summed E-state index contributed by atoms with van der Waals surface area (Å²) in [6.07, 6.45) is 0. The Labute approximate surface area is 125 Å². The van der Waals surface area contributed by atoms with Gasteiger partial charge in [0.05, 0.1) is 15.4 Å². The highest BCUT2D eigenvalue weighted by Gasteiger charge is 2.13. The number of nitrogens with zero attached hydrogens (tertiary/aromatic N) is 1. The first-order chi connectivity index (χ1) is 9.99. The van der Waals surface area contributed by atoms with E-state index in [1.165, 1.54) is 17.8 Å². The van der Waals surface area contributed by atoms with Crippen LogP contribution >= 0.6 is 11.8 Å². The summed E-state index contributed by atoms with van der Waals surface area (Å²) in [6, 6.07) is 11.5. The van der Waals surface area contributed by atoms with Gasteiger partial charge in [0.15, 0.2) is 0 Å². The molecule has 0 bridgehead atoms. The van der Waals surface area contributed by atoms with Crippen molar-refractivity contribution in [3.05, 3.63) is 69.3 Å². The molecular formula is C15H13NO4S. The molecule has 0 atom stereocenters. The molecule has 0 unspecified atom stereocenters. The number of aromatic carboxylic acids is 1. The minimum absolute atomic E-state index is 0.0855. The topological polar surface area (TPSA) is 80.4 Å². The van der Waals surface area contributed by atoms with Gasteiger partial charge in [0.2, 0.25) is 0 Å². The average Bonchev–Trinajstić information content (AvgIpc) is 2.46. The van der Waals surface area contributed by atoms with Gasteiger partial charge in [-0.05, 0) is 36.2 Å². The fraction of sp³-hybridized carbons (Fsp3) is 0.133. The summed E-state index contributed by atoms with van der Waals surface area (Å²) < 4.78 is 0. The van der Waals surface area contributed by atoms with Crippen molar-refractivity contribution in [3.63, 3.8) is 0 Å². The summed E-state index contributed by atoms with van der Waals surface area (Å²) in [6.45, 7) is 1.84. The minimum Gasteiger partial charge on any atom is -0.478 e. The lowest BCUT2D eigenvalue weighted by Gasteiger charge is -2.07. The Hall–Kier alpha value is -2.34. The van der Waals surface area contributed by atoms with Gasteiger partial charge >= 0.3 is 5.97 Å². The maximum absolute atomic E-state index is 10.9. The maximum atomic E-state index is 10.9. The number of hydrogen-bond acceptors (Lipinski definition) is 4. The summed E-state index contributed by atoms with van der Waals surface area (Å²) in [5.41, 5.74) is 2.15. The summed E-state index contributed by atoms with van der Waals surface area (Å²) in [5, 5.41) is 19.9. The first kappa shape index (κ1) is 15.1. The molecule has 0 aliphatic rings. The molecule has 1 N–H and O–H groups in total. The van der Waals surface area contributed by atoms with Crippen LogP contribution in [0.2, 0.25) is 0 Å². The zero-order valence-electron chi connectivity index (χ0n) is 11.3. The number of carbonyl (C=O) groups is 1. The number of benzene rings is 2. The van der Waals surface area contributed by atoms with Crippen molar-refractivity contribution in [3.8, 4) is 0 Å². The maximum Gasteiger partial charge on any atom is 0.335 e. The second kappa shape index (κ2) is 6.41. The van der Waals surface area contributed by atoms with Crippen molar-refractivity contribution < 1.29 is 14.8 Å². The molecule has 0 fully saturated rings. The Morgan fingerprint density at radius 2 is 2.00 bits per heavy atom. The van der Waals surface area contributed by atoms with E-state index in [1.54, 1.807) is 36.4 Å². The van der Waals surface area contributed by atoms with Crippen LogP contribution in [0.25, 0.3) is 0 Å². The Balaban J connectivity index is 2.17. The van der Waals surface area contributed by atoms with Crippen molar-refractivity contribution in [2.75, 3.05) is 0 Å². The van der Waals surface area contributed by atoms with Gasteiger partial charge in [-0.2, -0.15) is 0 Å². The van der Waals surface area contributed by atoms with E-state index in [9.17, 15) is 14.9 Å². The second-order valence-corrected chi connectivity index (χ2v) is 5.48. The Bertz CT molecular complexity index is 700. The SMILES string of the molecule is Cc1cc(C(=O)O)ccc1CSc1ccccc1[N+](=O)[O-].